The molecule has 0 bridgehead atoms. The Balaban J connectivity index is 1.31. The number of pyridine rings is 1. The number of nitrogens with zero attached hydrogens (tertiary/aromatic N) is 1. The highest BCUT2D eigenvalue weighted by atomic mass is 16.5. The van der Waals surface area contributed by atoms with Crippen LogP contribution in [0.15, 0.2) is 77.4 Å². The van der Waals surface area contributed by atoms with Gasteiger partial charge in [0.05, 0.1) is 17.3 Å². The lowest BCUT2D eigenvalue weighted by molar-refractivity contribution is 0.0476. The Kier molecular flexibility index (Phi) is 6.03. The molecule has 1 fully saturated rings. The number of ketones is 1. The Morgan fingerprint density at radius 1 is 0.939 bits per heavy atom. The smallest absolute Gasteiger partial charge is 0.339 e. The Bertz CT molecular complexity index is 1270. The fourth-order valence-corrected chi connectivity index (χ4v) is 4.56. The van der Waals surface area contributed by atoms with Crippen LogP contribution in [0.25, 0.3) is 22.4 Å². The van der Waals surface area contributed by atoms with Gasteiger partial charge in [-0.3, -0.25) is 4.79 Å². The van der Waals surface area contributed by atoms with Crippen molar-refractivity contribution >= 4 is 22.7 Å². The summed E-state index contributed by atoms with van der Waals surface area (Å²) in [5, 5.41) is 0.669. The number of esters is 1. The van der Waals surface area contributed by atoms with E-state index in [1.807, 2.05) is 48.5 Å². The number of rotatable bonds is 6. The molecule has 0 radical (unpaired) electrons. The molecule has 33 heavy (non-hydrogen) atoms. The van der Waals surface area contributed by atoms with Crippen molar-refractivity contribution in [3.8, 4) is 11.5 Å². The van der Waals surface area contributed by atoms with E-state index in [9.17, 15) is 9.59 Å². The second-order valence-corrected chi connectivity index (χ2v) is 8.51. The van der Waals surface area contributed by atoms with E-state index in [-0.39, 0.29) is 12.4 Å². The molecule has 166 valence electrons. The summed E-state index contributed by atoms with van der Waals surface area (Å²) in [6.45, 7) is -0.311. The topological polar surface area (TPSA) is 69.4 Å². The van der Waals surface area contributed by atoms with Crippen LogP contribution in [-0.4, -0.2) is 23.3 Å². The lowest BCUT2D eigenvalue weighted by Gasteiger charge is -2.22. The molecule has 1 saturated carbocycles. The molecule has 0 saturated heterocycles. The summed E-state index contributed by atoms with van der Waals surface area (Å²) < 4.78 is 10.9. The number of aromatic nitrogens is 1. The van der Waals surface area contributed by atoms with Gasteiger partial charge in [-0.15, -0.1) is 0 Å². The number of fused-ring (bicyclic) bond motifs is 1. The predicted molar refractivity (Wildman–Crippen MR) is 126 cm³/mol. The molecule has 5 rings (SSSR count). The van der Waals surface area contributed by atoms with Crippen molar-refractivity contribution in [2.24, 2.45) is 0 Å². The summed E-state index contributed by atoms with van der Waals surface area (Å²) in [4.78, 5) is 30.2. The van der Waals surface area contributed by atoms with Crippen LogP contribution < -0.4 is 0 Å². The highest BCUT2D eigenvalue weighted by Crippen LogP contribution is 2.32. The van der Waals surface area contributed by atoms with E-state index in [2.05, 4.69) is 4.98 Å². The first-order valence-electron chi connectivity index (χ1n) is 11.4. The largest absolute Gasteiger partial charge is 0.463 e. The minimum absolute atomic E-state index is 0.219. The number of hydrogen-bond acceptors (Lipinski definition) is 5. The summed E-state index contributed by atoms with van der Waals surface area (Å²) >= 11 is 0. The monoisotopic (exact) mass is 439 g/mol. The molecule has 0 aliphatic heterocycles. The third-order valence-electron chi connectivity index (χ3n) is 6.35. The van der Waals surface area contributed by atoms with Crippen molar-refractivity contribution in [1.82, 2.24) is 4.98 Å². The molecule has 5 nitrogen and oxygen atoms in total. The molecule has 2 aromatic heterocycles. The highest BCUT2D eigenvalue weighted by molar-refractivity contribution is 6.06. The molecule has 1 aliphatic rings. The summed E-state index contributed by atoms with van der Waals surface area (Å²) in [6, 6.07) is 20.3. The average Bonchev–Trinajstić information content (AvgIpc) is 3.42. The molecule has 4 aromatic rings. The SMILES string of the molecule is O=C(COC(=O)c1cc(-c2ccco2)nc2ccccc12)c1ccc(C2CCCCC2)cc1. The van der Waals surface area contributed by atoms with Crippen molar-refractivity contribution in [3.05, 3.63) is 89.7 Å². The van der Waals surface area contributed by atoms with E-state index in [0.29, 0.717) is 39.4 Å². The van der Waals surface area contributed by atoms with E-state index < -0.39 is 5.97 Å². The molecule has 2 heterocycles. The molecule has 0 atom stereocenters. The number of para-hydroxylation sites is 1. The molecule has 0 unspecified atom stereocenters. The third-order valence-corrected chi connectivity index (χ3v) is 6.35. The van der Waals surface area contributed by atoms with Crippen LogP contribution in [0, 0.1) is 0 Å². The van der Waals surface area contributed by atoms with Gasteiger partial charge in [-0.05, 0) is 48.6 Å². The Hall–Kier alpha value is -3.73. The highest BCUT2D eigenvalue weighted by Gasteiger charge is 2.19. The van der Waals surface area contributed by atoms with E-state index in [1.54, 1.807) is 24.5 Å². The Labute approximate surface area is 192 Å². The lowest BCUT2D eigenvalue weighted by atomic mass is 9.84. The van der Waals surface area contributed by atoms with Gasteiger partial charge in [0.25, 0.3) is 0 Å². The van der Waals surface area contributed by atoms with Crippen molar-refractivity contribution < 1.29 is 18.7 Å². The minimum atomic E-state index is -0.561. The van der Waals surface area contributed by atoms with Crippen molar-refractivity contribution in [2.75, 3.05) is 6.61 Å². The molecular weight excluding hydrogens is 414 g/mol. The normalized spacial score (nSPS) is 14.3. The van der Waals surface area contributed by atoms with Crippen molar-refractivity contribution in [2.45, 2.75) is 38.0 Å². The Morgan fingerprint density at radius 3 is 2.48 bits per heavy atom. The van der Waals surface area contributed by atoms with E-state index >= 15 is 0 Å². The van der Waals surface area contributed by atoms with Crippen LogP contribution in [0.2, 0.25) is 0 Å². The summed E-state index contributed by atoms with van der Waals surface area (Å²) in [5.74, 6) is 0.365. The van der Waals surface area contributed by atoms with Crippen LogP contribution >= 0.6 is 0 Å². The van der Waals surface area contributed by atoms with Gasteiger partial charge in [0.1, 0.15) is 5.69 Å². The van der Waals surface area contributed by atoms with E-state index in [0.717, 1.165) is 0 Å². The fraction of sp³-hybridized carbons (Fsp3) is 0.250. The molecule has 0 spiro atoms. The summed E-state index contributed by atoms with van der Waals surface area (Å²) in [6.07, 6.45) is 7.84. The maximum atomic E-state index is 12.9. The zero-order valence-electron chi connectivity index (χ0n) is 18.3. The quantitative estimate of drug-likeness (QED) is 0.251. The second-order valence-electron chi connectivity index (χ2n) is 8.51. The first-order valence-corrected chi connectivity index (χ1v) is 11.4. The predicted octanol–water partition coefficient (Wildman–Crippen LogP) is 6.58. The van der Waals surface area contributed by atoms with Crippen molar-refractivity contribution in [3.63, 3.8) is 0 Å². The third kappa shape index (κ3) is 4.58. The zero-order chi connectivity index (χ0) is 22.6. The molecule has 0 amide bonds. The molecule has 5 heteroatoms. The van der Waals surface area contributed by atoms with E-state index in [1.165, 1.54) is 37.7 Å². The van der Waals surface area contributed by atoms with Gasteiger partial charge in [0, 0.05) is 10.9 Å². The first-order chi connectivity index (χ1) is 16.2. The Morgan fingerprint density at radius 2 is 1.73 bits per heavy atom. The number of carbonyl (C=O) groups is 2. The van der Waals surface area contributed by atoms with Gasteiger partial charge in [0.2, 0.25) is 0 Å². The molecular formula is C28H25NO4. The van der Waals surface area contributed by atoms with Crippen LogP contribution in [-0.2, 0) is 4.74 Å². The average molecular weight is 440 g/mol. The second kappa shape index (κ2) is 9.41. The van der Waals surface area contributed by atoms with Crippen molar-refractivity contribution in [1.29, 1.82) is 0 Å². The molecule has 0 N–H and O–H groups in total. The molecule has 2 aromatic carbocycles. The number of Topliss-reactive ketones (excluding diaryl/α,β-unsaturated/α-hetero) is 1. The number of furan rings is 1. The first kappa shape index (κ1) is 21.1. The van der Waals surface area contributed by atoms with Gasteiger partial charge in [0.15, 0.2) is 18.2 Å². The van der Waals surface area contributed by atoms with Crippen LogP contribution in [0.4, 0.5) is 0 Å². The number of hydrogen-bond donors (Lipinski definition) is 0. The summed E-state index contributed by atoms with van der Waals surface area (Å²) in [7, 11) is 0. The number of benzene rings is 2. The van der Waals surface area contributed by atoms with Crippen LogP contribution in [0.1, 0.15) is 64.3 Å². The van der Waals surface area contributed by atoms with Crippen LogP contribution in [0.3, 0.4) is 0 Å². The van der Waals surface area contributed by atoms with Gasteiger partial charge < -0.3 is 9.15 Å². The maximum Gasteiger partial charge on any atom is 0.339 e. The number of carbonyl (C=O) groups excluding carboxylic acids is 2. The van der Waals surface area contributed by atoms with Gasteiger partial charge >= 0.3 is 5.97 Å². The van der Waals surface area contributed by atoms with Gasteiger partial charge in [-0.1, -0.05) is 61.7 Å². The minimum Gasteiger partial charge on any atom is -0.463 e. The van der Waals surface area contributed by atoms with Crippen LogP contribution in [0.5, 0.6) is 0 Å². The standard InChI is InChI=1S/C28H25NO4/c30-26(21-14-12-20(13-15-21)19-7-2-1-3-8-19)18-33-28(31)23-17-25(27-11-6-16-32-27)29-24-10-5-4-9-22(23)24/h4-6,9-17,19H,1-3,7-8,18H2. The van der Waals surface area contributed by atoms with E-state index in [4.69, 9.17) is 9.15 Å². The molecule has 1 aliphatic carbocycles. The van der Waals surface area contributed by atoms with Gasteiger partial charge in [-0.25, -0.2) is 9.78 Å². The zero-order valence-corrected chi connectivity index (χ0v) is 18.3. The van der Waals surface area contributed by atoms with Gasteiger partial charge in [-0.2, -0.15) is 0 Å². The fourth-order valence-electron chi connectivity index (χ4n) is 4.56. The lowest BCUT2D eigenvalue weighted by Crippen LogP contribution is -2.15. The summed E-state index contributed by atoms with van der Waals surface area (Å²) in [5.41, 5.74) is 3.39. The number of ether oxygens (including phenoxy) is 1. The maximum absolute atomic E-state index is 12.9.